The van der Waals surface area contributed by atoms with Gasteiger partial charge in [-0.2, -0.15) is 0 Å². The van der Waals surface area contributed by atoms with E-state index in [0.717, 1.165) is 50.8 Å². The number of piperidine rings is 1. The summed E-state index contributed by atoms with van der Waals surface area (Å²) in [5.41, 5.74) is 0.791. The van der Waals surface area contributed by atoms with Gasteiger partial charge in [-0.3, -0.25) is 14.9 Å². The standard InChI is InChI=1S/C22H31N3O4/c1-28-18-7-6-16(14-19(18)29-2)8-11-25-20(26)15-23-22(25)9-12-24(13-10-22)21(27)17-4-3-5-17/h6-7,14,17,23H,3-5,8-13,15H2,1-2H3. The minimum absolute atomic E-state index is 0.143. The van der Waals surface area contributed by atoms with Crippen LogP contribution in [0.1, 0.15) is 37.7 Å². The van der Waals surface area contributed by atoms with Crippen molar-refractivity contribution >= 4 is 11.8 Å². The van der Waals surface area contributed by atoms with Crippen molar-refractivity contribution in [2.75, 3.05) is 40.4 Å². The highest BCUT2D eigenvalue weighted by molar-refractivity contribution is 5.82. The monoisotopic (exact) mass is 401 g/mol. The van der Waals surface area contributed by atoms with Crippen molar-refractivity contribution in [3.05, 3.63) is 23.8 Å². The molecule has 4 rings (SSSR count). The fourth-order valence-electron chi connectivity index (χ4n) is 4.74. The Bertz CT molecular complexity index is 769. The van der Waals surface area contributed by atoms with Gasteiger partial charge in [0.2, 0.25) is 11.8 Å². The van der Waals surface area contributed by atoms with Crippen LogP contribution in [0.4, 0.5) is 0 Å². The molecular formula is C22H31N3O4. The largest absolute Gasteiger partial charge is 0.493 e. The number of carbonyl (C=O) groups is 2. The van der Waals surface area contributed by atoms with Crippen LogP contribution in [0.2, 0.25) is 0 Å². The molecule has 0 unspecified atom stereocenters. The fraction of sp³-hybridized carbons (Fsp3) is 0.636. The fourth-order valence-corrected chi connectivity index (χ4v) is 4.74. The average molecular weight is 402 g/mol. The van der Waals surface area contributed by atoms with E-state index in [0.29, 0.717) is 30.5 Å². The zero-order valence-corrected chi connectivity index (χ0v) is 17.4. The van der Waals surface area contributed by atoms with E-state index in [1.807, 2.05) is 28.0 Å². The van der Waals surface area contributed by atoms with Crippen molar-refractivity contribution in [3.63, 3.8) is 0 Å². The van der Waals surface area contributed by atoms with E-state index in [-0.39, 0.29) is 17.5 Å². The first-order valence-electron chi connectivity index (χ1n) is 10.6. The van der Waals surface area contributed by atoms with Gasteiger partial charge in [-0.1, -0.05) is 12.5 Å². The van der Waals surface area contributed by atoms with E-state index in [4.69, 9.17) is 9.47 Å². The molecular weight excluding hydrogens is 370 g/mol. The van der Waals surface area contributed by atoms with Crippen molar-refractivity contribution in [2.45, 2.75) is 44.2 Å². The number of hydrogen-bond donors (Lipinski definition) is 1. The molecule has 158 valence electrons. The molecule has 7 heteroatoms. The predicted octanol–water partition coefficient (Wildman–Crippen LogP) is 1.80. The Kier molecular flexibility index (Phi) is 5.67. The van der Waals surface area contributed by atoms with Gasteiger partial charge in [0.15, 0.2) is 11.5 Å². The van der Waals surface area contributed by atoms with Gasteiger partial charge < -0.3 is 19.3 Å². The summed E-state index contributed by atoms with van der Waals surface area (Å²) in [6.07, 6.45) is 5.59. The minimum atomic E-state index is -0.315. The van der Waals surface area contributed by atoms with Crippen LogP contribution in [0.3, 0.4) is 0 Å². The maximum Gasteiger partial charge on any atom is 0.238 e. The Morgan fingerprint density at radius 3 is 2.52 bits per heavy atom. The van der Waals surface area contributed by atoms with Crippen LogP contribution in [0.15, 0.2) is 18.2 Å². The van der Waals surface area contributed by atoms with Gasteiger partial charge in [-0.25, -0.2) is 0 Å². The lowest BCUT2D eigenvalue weighted by Crippen LogP contribution is -2.60. The Hall–Kier alpha value is -2.28. The molecule has 1 aliphatic carbocycles. The molecule has 2 saturated heterocycles. The molecule has 2 amide bonds. The molecule has 3 aliphatic rings. The number of nitrogens with zero attached hydrogens (tertiary/aromatic N) is 2. The van der Waals surface area contributed by atoms with Crippen LogP contribution in [0, 0.1) is 5.92 Å². The van der Waals surface area contributed by atoms with E-state index in [2.05, 4.69) is 5.32 Å². The highest BCUT2D eigenvalue weighted by Crippen LogP contribution is 2.34. The summed E-state index contributed by atoms with van der Waals surface area (Å²) >= 11 is 0. The second-order valence-corrected chi connectivity index (χ2v) is 8.32. The molecule has 1 saturated carbocycles. The molecule has 2 heterocycles. The molecule has 7 nitrogen and oxygen atoms in total. The lowest BCUT2D eigenvalue weighted by atomic mass is 9.83. The molecule has 1 aromatic carbocycles. The van der Waals surface area contributed by atoms with Gasteiger partial charge in [0, 0.05) is 38.4 Å². The molecule has 1 aromatic rings. The van der Waals surface area contributed by atoms with Crippen molar-refractivity contribution in [1.29, 1.82) is 0 Å². The third-order valence-corrected chi connectivity index (χ3v) is 6.82. The van der Waals surface area contributed by atoms with Crippen molar-refractivity contribution < 1.29 is 19.1 Å². The van der Waals surface area contributed by atoms with Crippen LogP contribution in [0.5, 0.6) is 11.5 Å². The third kappa shape index (κ3) is 3.80. The maximum atomic E-state index is 12.6. The van der Waals surface area contributed by atoms with Gasteiger partial charge in [-0.15, -0.1) is 0 Å². The quantitative estimate of drug-likeness (QED) is 0.787. The van der Waals surface area contributed by atoms with Crippen LogP contribution in [-0.2, 0) is 16.0 Å². The Labute approximate surface area is 172 Å². The smallest absolute Gasteiger partial charge is 0.238 e. The molecule has 29 heavy (non-hydrogen) atoms. The summed E-state index contributed by atoms with van der Waals surface area (Å²) in [6, 6.07) is 5.89. The van der Waals surface area contributed by atoms with E-state index >= 15 is 0 Å². The van der Waals surface area contributed by atoms with Crippen LogP contribution >= 0.6 is 0 Å². The number of rotatable bonds is 6. The Morgan fingerprint density at radius 1 is 1.17 bits per heavy atom. The number of amides is 2. The molecule has 2 aliphatic heterocycles. The van der Waals surface area contributed by atoms with Crippen molar-refractivity contribution in [2.24, 2.45) is 5.92 Å². The Balaban J connectivity index is 1.39. The number of hydrogen-bond acceptors (Lipinski definition) is 5. The highest BCUT2D eigenvalue weighted by atomic mass is 16.5. The summed E-state index contributed by atoms with van der Waals surface area (Å²) in [5.74, 6) is 2.10. The minimum Gasteiger partial charge on any atom is -0.493 e. The number of nitrogens with one attached hydrogen (secondary N) is 1. The number of likely N-dealkylation sites (tertiary alicyclic amines) is 1. The normalized spacial score (nSPS) is 21.4. The van der Waals surface area contributed by atoms with Crippen molar-refractivity contribution in [3.8, 4) is 11.5 Å². The first-order valence-corrected chi connectivity index (χ1v) is 10.6. The first-order chi connectivity index (χ1) is 14.1. The maximum absolute atomic E-state index is 12.6. The van der Waals surface area contributed by atoms with Crippen LogP contribution < -0.4 is 14.8 Å². The summed E-state index contributed by atoms with van der Waals surface area (Å²) in [5, 5.41) is 3.46. The lowest BCUT2D eigenvalue weighted by molar-refractivity contribution is -0.142. The van der Waals surface area contributed by atoms with Crippen LogP contribution in [0.25, 0.3) is 0 Å². The third-order valence-electron chi connectivity index (χ3n) is 6.82. The number of methoxy groups -OCH3 is 2. The van der Waals surface area contributed by atoms with E-state index < -0.39 is 0 Å². The number of benzene rings is 1. The van der Waals surface area contributed by atoms with E-state index in [1.54, 1.807) is 14.2 Å². The average Bonchev–Trinajstić information content (AvgIpc) is 3.00. The zero-order chi connectivity index (χ0) is 20.4. The van der Waals surface area contributed by atoms with Crippen molar-refractivity contribution in [1.82, 2.24) is 15.1 Å². The van der Waals surface area contributed by atoms with E-state index in [1.165, 1.54) is 6.42 Å². The van der Waals surface area contributed by atoms with Crippen LogP contribution in [-0.4, -0.2) is 67.7 Å². The lowest BCUT2D eigenvalue weighted by Gasteiger charge is -2.45. The SMILES string of the molecule is COc1ccc(CCN2C(=O)CNC23CCN(C(=O)C2CCC2)CC3)cc1OC. The molecule has 1 N–H and O–H groups in total. The summed E-state index contributed by atoms with van der Waals surface area (Å²) in [4.78, 5) is 29.2. The Morgan fingerprint density at radius 2 is 1.90 bits per heavy atom. The van der Waals surface area contributed by atoms with Gasteiger partial charge in [0.05, 0.1) is 26.4 Å². The summed E-state index contributed by atoms with van der Waals surface area (Å²) < 4.78 is 10.7. The predicted molar refractivity (Wildman–Crippen MR) is 109 cm³/mol. The van der Waals surface area contributed by atoms with Gasteiger partial charge in [0.25, 0.3) is 0 Å². The van der Waals surface area contributed by atoms with Gasteiger partial charge in [-0.05, 0) is 37.0 Å². The zero-order valence-electron chi connectivity index (χ0n) is 17.4. The first kappa shape index (κ1) is 20.0. The van der Waals surface area contributed by atoms with Gasteiger partial charge >= 0.3 is 0 Å². The summed E-state index contributed by atoms with van der Waals surface area (Å²) in [7, 11) is 3.25. The summed E-state index contributed by atoms with van der Waals surface area (Å²) in [6.45, 7) is 2.48. The molecule has 1 spiro atoms. The number of ether oxygens (including phenoxy) is 2. The second-order valence-electron chi connectivity index (χ2n) is 8.32. The molecule has 0 radical (unpaired) electrons. The second kappa shape index (κ2) is 8.22. The molecule has 0 atom stereocenters. The topological polar surface area (TPSA) is 71.1 Å². The number of carbonyl (C=O) groups excluding carboxylic acids is 2. The van der Waals surface area contributed by atoms with Gasteiger partial charge in [0.1, 0.15) is 0 Å². The van der Waals surface area contributed by atoms with E-state index in [9.17, 15) is 9.59 Å². The molecule has 0 aromatic heterocycles. The molecule has 0 bridgehead atoms. The molecule has 3 fully saturated rings. The highest BCUT2D eigenvalue weighted by Gasteiger charge is 2.47.